The van der Waals surface area contributed by atoms with Crippen LogP contribution in [0.5, 0.6) is 11.5 Å². The lowest BCUT2D eigenvalue weighted by Crippen LogP contribution is -2.33. The molecule has 0 spiro atoms. The normalized spacial score (nSPS) is 11.9. The van der Waals surface area contributed by atoms with E-state index in [4.69, 9.17) is 5.11 Å². The standard InChI is InChI=1S/C19H20N4O4/c1-12(19(27)20-10-11-24)23-18(14-7-3-5-9-16(14)26)21-17(22-23)13-6-2-4-8-15(13)25/h2-9,12,24-26H,10-11H2,1H3,(H,20,27). The first-order chi connectivity index (χ1) is 13.0. The molecule has 0 aliphatic rings. The van der Waals surface area contributed by atoms with Crippen LogP contribution < -0.4 is 5.32 Å². The predicted octanol–water partition coefficient (Wildman–Crippen LogP) is 1.69. The van der Waals surface area contributed by atoms with E-state index in [-0.39, 0.29) is 42.2 Å². The number of carbonyl (C=O) groups is 1. The van der Waals surface area contributed by atoms with Gasteiger partial charge in [-0.1, -0.05) is 24.3 Å². The number of nitrogens with zero attached hydrogens (tertiary/aromatic N) is 3. The van der Waals surface area contributed by atoms with Crippen molar-refractivity contribution in [3.05, 3.63) is 48.5 Å². The Hall–Kier alpha value is -3.39. The summed E-state index contributed by atoms with van der Waals surface area (Å²) in [5.41, 5.74) is 0.823. The van der Waals surface area contributed by atoms with Crippen molar-refractivity contribution in [2.45, 2.75) is 13.0 Å². The van der Waals surface area contributed by atoms with Crippen LogP contribution >= 0.6 is 0 Å². The van der Waals surface area contributed by atoms with Crippen molar-refractivity contribution >= 4 is 5.91 Å². The van der Waals surface area contributed by atoms with Gasteiger partial charge in [-0.05, 0) is 31.2 Å². The number of hydrogen-bond donors (Lipinski definition) is 4. The SMILES string of the molecule is CC(C(=O)NCCO)n1nc(-c2ccccc2O)nc1-c1ccccc1O. The van der Waals surface area contributed by atoms with Crippen molar-refractivity contribution < 1.29 is 20.1 Å². The van der Waals surface area contributed by atoms with Crippen LogP contribution in [0.4, 0.5) is 0 Å². The molecule has 3 rings (SSSR count). The minimum Gasteiger partial charge on any atom is -0.507 e. The third kappa shape index (κ3) is 3.75. The Labute approximate surface area is 155 Å². The number of aromatic nitrogens is 3. The summed E-state index contributed by atoms with van der Waals surface area (Å²) < 4.78 is 1.39. The molecule has 0 aliphatic heterocycles. The predicted molar refractivity (Wildman–Crippen MR) is 99.0 cm³/mol. The van der Waals surface area contributed by atoms with Crippen molar-refractivity contribution in [3.63, 3.8) is 0 Å². The van der Waals surface area contributed by atoms with E-state index in [1.165, 1.54) is 16.8 Å². The third-order valence-corrected chi connectivity index (χ3v) is 4.08. The van der Waals surface area contributed by atoms with Crippen molar-refractivity contribution in [2.24, 2.45) is 0 Å². The molecule has 8 nitrogen and oxygen atoms in total. The number of phenolic OH excluding ortho intramolecular Hbond substituents is 2. The molecule has 27 heavy (non-hydrogen) atoms. The van der Waals surface area contributed by atoms with Gasteiger partial charge in [0.1, 0.15) is 17.5 Å². The fraction of sp³-hybridized carbons (Fsp3) is 0.211. The highest BCUT2D eigenvalue weighted by atomic mass is 16.3. The largest absolute Gasteiger partial charge is 0.507 e. The van der Waals surface area contributed by atoms with Gasteiger partial charge in [0, 0.05) is 6.54 Å². The highest BCUT2D eigenvalue weighted by Crippen LogP contribution is 2.33. The van der Waals surface area contributed by atoms with E-state index >= 15 is 0 Å². The maximum atomic E-state index is 12.4. The molecule has 140 valence electrons. The van der Waals surface area contributed by atoms with Gasteiger partial charge >= 0.3 is 0 Å². The lowest BCUT2D eigenvalue weighted by Gasteiger charge is -2.14. The number of benzene rings is 2. The number of phenols is 2. The molecule has 1 amide bonds. The number of hydrogen-bond acceptors (Lipinski definition) is 6. The quantitative estimate of drug-likeness (QED) is 0.525. The summed E-state index contributed by atoms with van der Waals surface area (Å²) in [5, 5.41) is 36.2. The molecule has 2 aromatic carbocycles. The second kappa shape index (κ2) is 7.88. The molecule has 3 aromatic rings. The topological polar surface area (TPSA) is 121 Å². The number of carbonyl (C=O) groups excluding carboxylic acids is 1. The number of aromatic hydroxyl groups is 2. The average Bonchev–Trinajstić information content (AvgIpc) is 3.11. The Morgan fingerprint density at radius 1 is 1.07 bits per heavy atom. The molecule has 0 radical (unpaired) electrons. The first-order valence-corrected chi connectivity index (χ1v) is 8.44. The van der Waals surface area contributed by atoms with Gasteiger partial charge in [0.05, 0.1) is 17.7 Å². The van der Waals surface area contributed by atoms with E-state index in [9.17, 15) is 15.0 Å². The number of para-hydroxylation sites is 2. The second-order valence-electron chi connectivity index (χ2n) is 5.93. The van der Waals surface area contributed by atoms with E-state index in [1.54, 1.807) is 43.3 Å². The molecule has 0 saturated heterocycles. The fourth-order valence-corrected chi connectivity index (χ4v) is 2.65. The summed E-state index contributed by atoms with van der Waals surface area (Å²) in [5.74, 6) is 0.175. The summed E-state index contributed by atoms with van der Waals surface area (Å²) >= 11 is 0. The molecule has 0 aliphatic carbocycles. The fourth-order valence-electron chi connectivity index (χ4n) is 2.65. The highest BCUT2D eigenvalue weighted by molar-refractivity contribution is 5.81. The molecule has 1 unspecified atom stereocenters. The number of rotatable bonds is 6. The van der Waals surface area contributed by atoms with Crippen LogP contribution in [0.1, 0.15) is 13.0 Å². The summed E-state index contributed by atoms with van der Waals surface area (Å²) in [6.45, 7) is 1.58. The monoisotopic (exact) mass is 368 g/mol. The van der Waals surface area contributed by atoms with Gasteiger partial charge in [-0.25, -0.2) is 9.67 Å². The van der Waals surface area contributed by atoms with Gasteiger partial charge in [0.15, 0.2) is 11.6 Å². The lowest BCUT2D eigenvalue weighted by molar-refractivity contribution is -0.124. The average molecular weight is 368 g/mol. The van der Waals surface area contributed by atoms with Crippen LogP contribution in [0, 0.1) is 0 Å². The van der Waals surface area contributed by atoms with Crippen LogP contribution in [-0.4, -0.2) is 49.1 Å². The summed E-state index contributed by atoms with van der Waals surface area (Å²) in [6.07, 6.45) is 0. The van der Waals surface area contributed by atoms with Crippen LogP contribution in [0.2, 0.25) is 0 Å². The van der Waals surface area contributed by atoms with Gasteiger partial charge in [-0.2, -0.15) is 0 Å². The molecule has 4 N–H and O–H groups in total. The van der Waals surface area contributed by atoms with Gasteiger partial charge in [-0.15, -0.1) is 5.10 Å². The maximum Gasteiger partial charge on any atom is 0.244 e. The molecule has 1 aromatic heterocycles. The number of amides is 1. The van der Waals surface area contributed by atoms with Crippen molar-refractivity contribution in [1.82, 2.24) is 20.1 Å². The highest BCUT2D eigenvalue weighted by Gasteiger charge is 2.24. The van der Waals surface area contributed by atoms with Crippen LogP contribution in [-0.2, 0) is 4.79 Å². The Morgan fingerprint density at radius 3 is 2.26 bits per heavy atom. The van der Waals surface area contributed by atoms with E-state index in [0.29, 0.717) is 11.1 Å². The van der Waals surface area contributed by atoms with Crippen LogP contribution in [0.25, 0.3) is 22.8 Å². The lowest BCUT2D eigenvalue weighted by atomic mass is 10.1. The number of aliphatic hydroxyl groups excluding tert-OH is 1. The van der Waals surface area contributed by atoms with Gasteiger partial charge < -0.3 is 20.6 Å². The molecule has 0 fully saturated rings. The zero-order valence-electron chi connectivity index (χ0n) is 14.7. The minimum absolute atomic E-state index is 0.00190. The zero-order valence-corrected chi connectivity index (χ0v) is 14.7. The molecule has 1 heterocycles. The van der Waals surface area contributed by atoms with E-state index in [1.807, 2.05) is 0 Å². The third-order valence-electron chi connectivity index (χ3n) is 4.08. The van der Waals surface area contributed by atoms with Gasteiger partial charge in [-0.3, -0.25) is 4.79 Å². The molecule has 0 saturated carbocycles. The first-order valence-electron chi connectivity index (χ1n) is 8.44. The molecule has 1 atom stereocenters. The summed E-state index contributed by atoms with van der Waals surface area (Å²) in [4.78, 5) is 16.8. The van der Waals surface area contributed by atoms with Gasteiger partial charge in [0.25, 0.3) is 0 Å². The van der Waals surface area contributed by atoms with Gasteiger partial charge in [0.2, 0.25) is 5.91 Å². The summed E-state index contributed by atoms with van der Waals surface area (Å²) in [6, 6.07) is 12.5. The van der Waals surface area contributed by atoms with Crippen molar-refractivity contribution in [2.75, 3.05) is 13.2 Å². The smallest absolute Gasteiger partial charge is 0.244 e. The van der Waals surface area contributed by atoms with Crippen LogP contribution in [0.15, 0.2) is 48.5 Å². The summed E-state index contributed by atoms with van der Waals surface area (Å²) in [7, 11) is 0. The van der Waals surface area contributed by atoms with E-state index in [0.717, 1.165) is 0 Å². The Morgan fingerprint density at radius 2 is 1.67 bits per heavy atom. The van der Waals surface area contributed by atoms with E-state index in [2.05, 4.69) is 15.4 Å². The number of nitrogens with one attached hydrogen (secondary N) is 1. The zero-order chi connectivity index (χ0) is 19.4. The molecular formula is C19H20N4O4. The van der Waals surface area contributed by atoms with Crippen molar-refractivity contribution in [3.8, 4) is 34.3 Å². The molecule has 0 bridgehead atoms. The second-order valence-corrected chi connectivity index (χ2v) is 5.93. The number of aliphatic hydroxyl groups is 1. The molecular weight excluding hydrogens is 348 g/mol. The Bertz CT molecular complexity index is 954. The maximum absolute atomic E-state index is 12.4. The Kier molecular flexibility index (Phi) is 5.37. The van der Waals surface area contributed by atoms with E-state index < -0.39 is 6.04 Å². The van der Waals surface area contributed by atoms with Crippen molar-refractivity contribution in [1.29, 1.82) is 0 Å². The molecule has 8 heteroatoms. The first kappa shape index (κ1) is 18.4. The Balaban J connectivity index is 2.11. The van der Waals surface area contributed by atoms with Crippen LogP contribution in [0.3, 0.4) is 0 Å². The minimum atomic E-state index is -0.752.